The minimum absolute atomic E-state index is 0.412. The number of carboxylic acid groups (broad SMARTS) is 1. The molecule has 0 atom stereocenters. The van der Waals surface area contributed by atoms with Crippen molar-refractivity contribution < 1.29 is 19.6 Å². The zero-order chi connectivity index (χ0) is 10.3. The third-order valence-electron chi connectivity index (χ3n) is 1.30. The third kappa shape index (κ3) is 8.55. The fraction of sp³-hybridized carbons (Fsp3) is 0.500. The number of carboxylic acids is 1. The lowest BCUT2D eigenvalue weighted by Gasteiger charge is -2.06. The summed E-state index contributed by atoms with van der Waals surface area (Å²) in [5, 5.41) is 12.4. The van der Waals surface area contributed by atoms with Gasteiger partial charge in [-0.05, 0) is 6.08 Å². The third-order valence-corrected chi connectivity index (χ3v) is 1.30. The predicted molar refractivity (Wildman–Crippen MR) is 44.8 cm³/mol. The van der Waals surface area contributed by atoms with Crippen LogP contribution in [0.4, 0.5) is 0 Å². The van der Waals surface area contributed by atoms with Crippen molar-refractivity contribution in [3.8, 4) is 0 Å². The summed E-state index contributed by atoms with van der Waals surface area (Å²) < 4.78 is 0. The van der Waals surface area contributed by atoms with Gasteiger partial charge in [-0.3, -0.25) is 4.79 Å². The minimum Gasteiger partial charge on any atom is -0.545 e. The molecule has 0 heterocycles. The molecule has 0 spiro atoms. The maximum absolute atomic E-state index is 10.8. The van der Waals surface area contributed by atoms with Crippen LogP contribution in [-0.2, 0) is 9.59 Å². The maximum atomic E-state index is 10.8. The first-order valence-electron chi connectivity index (χ1n) is 3.98. The van der Waals surface area contributed by atoms with Crippen molar-refractivity contribution in [2.45, 2.75) is 0 Å². The van der Waals surface area contributed by atoms with Crippen molar-refractivity contribution in [3.05, 3.63) is 12.2 Å². The van der Waals surface area contributed by atoms with Gasteiger partial charge in [0.2, 0.25) is 5.91 Å². The monoisotopic (exact) mass is 186 g/mol. The summed E-state index contributed by atoms with van der Waals surface area (Å²) in [7, 11) is 3.92. The molecule has 1 amide bonds. The van der Waals surface area contributed by atoms with E-state index in [1.165, 1.54) is 4.90 Å². The van der Waals surface area contributed by atoms with Crippen molar-refractivity contribution >= 4 is 11.9 Å². The van der Waals surface area contributed by atoms with E-state index < -0.39 is 11.9 Å². The summed E-state index contributed by atoms with van der Waals surface area (Å²) in [5.74, 6) is -1.78. The molecule has 0 unspecified atom stereocenters. The van der Waals surface area contributed by atoms with Gasteiger partial charge < -0.3 is 20.1 Å². The number of hydrogen-bond donors (Lipinski definition) is 2. The van der Waals surface area contributed by atoms with Gasteiger partial charge in [0.05, 0.1) is 33.2 Å². The van der Waals surface area contributed by atoms with Crippen LogP contribution in [0.1, 0.15) is 0 Å². The Balaban J connectivity index is 3.58. The number of quaternary nitrogens is 1. The van der Waals surface area contributed by atoms with Gasteiger partial charge in [-0.25, -0.2) is 0 Å². The van der Waals surface area contributed by atoms with E-state index in [4.69, 9.17) is 0 Å². The smallest absolute Gasteiger partial charge is 0.244 e. The second-order valence-electron chi connectivity index (χ2n) is 2.90. The molecule has 0 aliphatic rings. The average molecular weight is 186 g/mol. The van der Waals surface area contributed by atoms with Crippen LogP contribution >= 0.6 is 0 Å². The molecule has 0 fully saturated rings. The topological polar surface area (TPSA) is 73.7 Å². The lowest BCUT2D eigenvalue weighted by Crippen LogP contribution is -3.06. The number of amides is 1. The fourth-order valence-corrected chi connectivity index (χ4v) is 0.638. The molecule has 5 heteroatoms. The number of rotatable bonds is 5. The molecule has 0 saturated carbocycles. The van der Waals surface area contributed by atoms with E-state index >= 15 is 0 Å². The lowest BCUT2D eigenvalue weighted by atomic mass is 10.4. The summed E-state index contributed by atoms with van der Waals surface area (Å²) in [6.07, 6.45) is 1.65. The van der Waals surface area contributed by atoms with E-state index in [2.05, 4.69) is 5.32 Å². The van der Waals surface area contributed by atoms with Gasteiger partial charge in [-0.2, -0.15) is 0 Å². The van der Waals surface area contributed by atoms with Gasteiger partial charge in [-0.15, -0.1) is 0 Å². The van der Waals surface area contributed by atoms with Crippen LogP contribution in [0.2, 0.25) is 0 Å². The minimum atomic E-state index is -1.37. The molecular formula is C8H14N2O3. The molecule has 0 aromatic rings. The number of carbonyl (C=O) groups is 2. The van der Waals surface area contributed by atoms with E-state index in [9.17, 15) is 14.7 Å². The molecular weight excluding hydrogens is 172 g/mol. The fourth-order valence-electron chi connectivity index (χ4n) is 0.638. The van der Waals surface area contributed by atoms with Crippen molar-refractivity contribution in [1.29, 1.82) is 0 Å². The number of likely N-dealkylation sites (N-methyl/N-ethyl adjacent to an activating group) is 1. The van der Waals surface area contributed by atoms with Gasteiger partial charge in [0.25, 0.3) is 0 Å². The van der Waals surface area contributed by atoms with Crippen LogP contribution in [0.3, 0.4) is 0 Å². The predicted octanol–water partition coefficient (Wildman–Crippen LogP) is -3.45. The van der Waals surface area contributed by atoms with Crippen LogP contribution in [0.15, 0.2) is 12.2 Å². The quantitative estimate of drug-likeness (QED) is 0.439. The Morgan fingerprint density at radius 3 is 2.46 bits per heavy atom. The Kier molecular flexibility index (Phi) is 5.54. The summed E-state index contributed by atoms with van der Waals surface area (Å²) in [5.41, 5.74) is 0. The van der Waals surface area contributed by atoms with Crippen LogP contribution in [0.25, 0.3) is 0 Å². The molecule has 5 nitrogen and oxygen atoms in total. The molecule has 13 heavy (non-hydrogen) atoms. The summed E-state index contributed by atoms with van der Waals surface area (Å²) in [6, 6.07) is 0. The highest BCUT2D eigenvalue weighted by Gasteiger charge is 1.96. The first-order chi connectivity index (χ1) is 6.02. The van der Waals surface area contributed by atoms with E-state index in [-0.39, 0.29) is 0 Å². The van der Waals surface area contributed by atoms with E-state index in [1.54, 1.807) is 0 Å². The second-order valence-corrected chi connectivity index (χ2v) is 2.90. The molecule has 0 saturated heterocycles. The Bertz CT molecular complexity index is 211. The number of aliphatic carboxylic acids is 1. The molecule has 0 aromatic heterocycles. The molecule has 0 aromatic carbocycles. The molecule has 0 aliphatic heterocycles. The molecule has 0 aliphatic carbocycles. The molecule has 2 N–H and O–H groups in total. The number of nitrogens with one attached hydrogen (secondary N) is 2. The standard InChI is InChI=1S/C8H14N2O3/c1-10(2)6-5-9-7(11)3-4-8(12)13/h3-4H,5-6H2,1-2H3,(H,9,11)(H,12,13)/b4-3+. The van der Waals surface area contributed by atoms with E-state index in [0.29, 0.717) is 12.6 Å². The van der Waals surface area contributed by atoms with E-state index in [1.807, 2.05) is 14.1 Å². The van der Waals surface area contributed by atoms with Gasteiger partial charge >= 0.3 is 0 Å². The Morgan fingerprint density at radius 2 is 2.00 bits per heavy atom. The molecule has 0 rings (SSSR count). The van der Waals surface area contributed by atoms with Crippen molar-refractivity contribution in [1.82, 2.24) is 5.32 Å². The first-order valence-corrected chi connectivity index (χ1v) is 3.98. The van der Waals surface area contributed by atoms with Gasteiger partial charge in [0, 0.05) is 6.08 Å². The SMILES string of the molecule is C[NH+](C)CCNC(=O)/C=C/C(=O)[O-]. The lowest BCUT2D eigenvalue weighted by molar-refractivity contribution is -0.856. The summed E-state index contributed by atoms with van der Waals surface area (Å²) >= 11 is 0. The van der Waals surface area contributed by atoms with Crippen LogP contribution < -0.4 is 15.3 Å². The van der Waals surface area contributed by atoms with Crippen LogP contribution in [0.5, 0.6) is 0 Å². The molecule has 0 radical (unpaired) electrons. The van der Waals surface area contributed by atoms with Gasteiger partial charge in [0.1, 0.15) is 0 Å². The summed E-state index contributed by atoms with van der Waals surface area (Å²) in [4.78, 5) is 21.9. The van der Waals surface area contributed by atoms with E-state index in [0.717, 1.165) is 12.6 Å². The van der Waals surface area contributed by atoms with Crippen LogP contribution in [0, 0.1) is 0 Å². The van der Waals surface area contributed by atoms with Crippen molar-refractivity contribution in [3.63, 3.8) is 0 Å². The average Bonchev–Trinajstić information content (AvgIpc) is 2.00. The zero-order valence-electron chi connectivity index (χ0n) is 7.79. The highest BCUT2D eigenvalue weighted by atomic mass is 16.4. The van der Waals surface area contributed by atoms with Crippen LogP contribution in [-0.4, -0.2) is 39.1 Å². The molecule has 0 bridgehead atoms. The second kappa shape index (κ2) is 6.19. The highest BCUT2D eigenvalue weighted by molar-refractivity contribution is 5.93. The number of hydrogen-bond acceptors (Lipinski definition) is 3. The largest absolute Gasteiger partial charge is 0.545 e. The van der Waals surface area contributed by atoms with Crippen molar-refractivity contribution in [2.75, 3.05) is 27.2 Å². The highest BCUT2D eigenvalue weighted by Crippen LogP contribution is 1.70. The zero-order valence-corrected chi connectivity index (χ0v) is 7.79. The Hall–Kier alpha value is -1.36. The first kappa shape index (κ1) is 11.6. The maximum Gasteiger partial charge on any atom is 0.244 e. The van der Waals surface area contributed by atoms with Gasteiger partial charge in [0.15, 0.2) is 0 Å². The Morgan fingerprint density at radius 1 is 1.38 bits per heavy atom. The number of carbonyl (C=O) groups excluding carboxylic acids is 2. The normalized spacial score (nSPS) is 10.7. The Labute approximate surface area is 77.0 Å². The summed E-state index contributed by atoms with van der Waals surface area (Å²) in [6.45, 7) is 1.32. The van der Waals surface area contributed by atoms with Gasteiger partial charge in [-0.1, -0.05) is 0 Å². The van der Waals surface area contributed by atoms with Crippen molar-refractivity contribution in [2.24, 2.45) is 0 Å². The molecule has 74 valence electrons.